The predicted molar refractivity (Wildman–Crippen MR) is 94.4 cm³/mol. The van der Waals surface area contributed by atoms with Gasteiger partial charge < -0.3 is 10.1 Å². The topological polar surface area (TPSA) is 21.3 Å². The molecule has 0 saturated carbocycles. The molecule has 2 nitrogen and oxygen atoms in total. The minimum Gasteiger partial charge on any atom is -0.492 e. The quantitative estimate of drug-likeness (QED) is 0.656. The second kappa shape index (κ2) is 8.85. The van der Waals surface area contributed by atoms with Gasteiger partial charge in [-0.1, -0.05) is 18.6 Å². The molecule has 0 saturated heterocycles. The summed E-state index contributed by atoms with van der Waals surface area (Å²) in [7, 11) is 0. The van der Waals surface area contributed by atoms with Crippen molar-refractivity contribution >= 4 is 37.9 Å². The Labute approximate surface area is 139 Å². The van der Waals surface area contributed by atoms with Crippen molar-refractivity contribution in [2.24, 2.45) is 0 Å². The molecule has 0 heterocycles. The predicted octanol–water partition coefficient (Wildman–Crippen LogP) is 5.40. The summed E-state index contributed by atoms with van der Waals surface area (Å²) >= 11 is 7.14. The first-order valence-corrected chi connectivity index (χ1v) is 8.61. The van der Waals surface area contributed by atoms with Gasteiger partial charge in [0.05, 0.1) is 15.6 Å². The van der Waals surface area contributed by atoms with Crippen LogP contribution in [0.15, 0.2) is 26.7 Å². The Morgan fingerprint density at radius 2 is 1.90 bits per heavy atom. The van der Waals surface area contributed by atoms with Crippen molar-refractivity contribution in [3.8, 4) is 5.75 Å². The Hall–Kier alpha value is -0.320. The molecule has 0 bridgehead atoms. The fourth-order valence-electron chi connectivity index (χ4n) is 1.85. The van der Waals surface area contributed by atoms with Crippen LogP contribution < -0.4 is 10.1 Å². The number of hydrogen-bond acceptors (Lipinski definition) is 2. The van der Waals surface area contributed by atoms with Gasteiger partial charge in [0.25, 0.3) is 0 Å². The van der Waals surface area contributed by atoms with E-state index in [1.165, 1.54) is 5.57 Å². The molecular formula is C16H23Br2NO. The van der Waals surface area contributed by atoms with E-state index in [1.54, 1.807) is 0 Å². The smallest absolute Gasteiger partial charge is 0.147 e. The summed E-state index contributed by atoms with van der Waals surface area (Å²) in [6.07, 6.45) is 3.36. The fourth-order valence-corrected chi connectivity index (χ4v) is 3.31. The van der Waals surface area contributed by atoms with Gasteiger partial charge in [-0.25, -0.2) is 0 Å². The van der Waals surface area contributed by atoms with E-state index in [1.807, 2.05) is 6.92 Å². The van der Waals surface area contributed by atoms with Crippen molar-refractivity contribution in [1.29, 1.82) is 0 Å². The molecule has 1 atom stereocenters. The van der Waals surface area contributed by atoms with Gasteiger partial charge in [-0.2, -0.15) is 0 Å². The third kappa shape index (κ3) is 5.23. The normalized spacial score (nSPS) is 13.4. The molecule has 0 aliphatic carbocycles. The van der Waals surface area contributed by atoms with Crippen molar-refractivity contribution in [2.45, 2.75) is 40.2 Å². The van der Waals surface area contributed by atoms with Gasteiger partial charge in [0.2, 0.25) is 0 Å². The van der Waals surface area contributed by atoms with Crippen LogP contribution in [0.3, 0.4) is 0 Å². The Balaban J connectivity index is 2.92. The van der Waals surface area contributed by atoms with Gasteiger partial charge in [-0.05, 0) is 83.3 Å². The van der Waals surface area contributed by atoms with Gasteiger partial charge in [0.15, 0.2) is 0 Å². The zero-order valence-electron chi connectivity index (χ0n) is 12.6. The lowest BCUT2D eigenvalue weighted by atomic mass is 10.1. The summed E-state index contributed by atoms with van der Waals surface area (Å²) in [6.45, 7) is 10.2. The maximum absolute atomic E-state index is 5.60. The number of rotatable bonds is 7. The van der Waals surface area contributed by atoms with Gasteiger partial charge in [-0.3, -0.25) is 0 Å². The van der Waals surface area contributed by atoms with E-state index in [-0.39, 0.29) is 0 Å². The Kier molecular flexibility index (Phi) is 7.85. The highest BCUT2D eigenvalue weighted by molar-refractivity contribution is 9.11. The van der Waals surface area contributed by atoms with Crippen LogP contribution in [0.2, 0.25) is 0 Å². The molecule has 4 heteroatoms. The largest absolute Gasteiger partial charge is 0.492 e. The third-order valence-corrected chi connectivity index (χ3v) is 4.27. The van der Waals surface area contributed by atoms with E-state index >= 15 is 0 Å². The molecular weight excluding hydrogens is 382 g/mol. The second-order valence-corrected chi connectivity index (χ2v) is 6.52. The minimum absolute atomic E-state index is 0.388. The van der Waals surface area contributed by atoms with E-state index in [0.717, 1.165) is 33.2 Å². The fraction of sp³-hybridized carbons (Fsp3) is 0.500. The maximum atomic E-state index is 5.60. The molecule has 1 rings (SSSR count). The summed E-state index contributed by atoms with van der Waals surface area (Å²) in [6, 6.07) is 4.57. The molecule has 1 aromatic rings. The third-order valence-electron chi connectivity index (χ3n) is 3.09. The number of benzene rings is 1. The number of nitrogens with one attached hydrogen (secondary N) is 1. The van der Waals surface area contributed by atoms with Gasteiger partial charge >= 0.3 is 0 Å². The van der Waals surface area contributed by atoms with Crippen molar-refractivity contribution in [3.05, 3.63) is 32.2 Å². The molecule has 1 aromatic carbocycles. The van der Waals surface area contributed by atoms with Crippen LogP contribution in [0.4, 0.5) is 0 Å². The van der Waals surface area contributed by atoms with E-state index in [2.05, 4.69) is 76.2 Å². The van der Waals surface area contributed by atoms with Gasteiger partial charge in [0, 0.05) is 6.04 Å². The van der Waals surface area contributed by atoms with Gasteiger partial charge in [0.1, 0.15) is 5.75 Å². The van der Waals surface area contributed by atoms with E-state index in [4.69, 9.17) is 4.74 Å². The highest BCUT2D eigenvalue weighted by atomic mass is 79.9. The molecule has 1 N–H and O–H groups in total. The molecule has 0 radical (unpaired) electrons. The van der Waals surface area contributed by atoms with E-state index in [0.29, 0.717) is 12.6 Å². The van der Waals surface area contributed by atoms with Crippen LogP contribution in [0, 0.1) is 0 Å². The lowest BCUT2D eigenvalue weighted by Crippen LogP contribution is -2.27. The average molecular weight is 405 g/mol. The van der Waals surface area contributed by atoms with Crippen LogP contribution in [-0.2, 0) is 0 Å². The molecule has 1 unspecified atom stereocenters. The lowest BCUT2D eigenvalue weighted by Gasteiger charge is -2.15. The van der Waals surface area contributed by atoms with Crippen molar-refractivity contribution in [2.75, 3.05) is 13.2 Å². The first-order chi connectivity index (χ1) is 9.49. The van der Waals surface area contributed by atoms with Crippen molar-refractivity contribution < 1.29 is 4.74 Å². The molecule has 0 fully saturated rings. The van der Waals surface area contributed by atoms with E-state index < -0.39 is 0 Å². The van der Waals surface area contributed by atoms with E-state index in [9.17, 15) is 0 Å². The monoisotopic (exact) mass is 403 g/mol. The van der Waals surface area contributed by atoms with Crippen molar-refractivity contribution in [3.63, 3.8) is 0 Å². The number of halogens is 2. The first kappa shape index (κ1) is 17.7. The zero-order valence-corrected chi connectivity index (χ0v) is 15.8. The average Bonchev–Trinajstić information content (AvgIpc) is 2.40. The zero-order chi connectivity index (χ0) is 15.1. The summed E-state index contributed by atoms with van der Waals surface area (Å²) < 4.78 is 7.55. The maximum Gasteiger partial charge on any atom is 0.147 e. The summed E-state index contributed by atoms with van der Waals surface area (Å²) in [5.41, 5.74) is 2.48. The highest BCUT2D eigenvalue weighted by Gasteiger charge is 2.09. The number of ether oxygens (including phenoxy) is 1. The molecule has 0 aliphatic rings. The summed E-state index contributed by atoms with van der Waals surface area (Å²) in [4.78, 5) is 0. The molecule has 0 spiro atoms. The van der Waals surface area contributed by atoms with Crippen LogP contribution in [0.1, 0.15) is 39.7 Å². The standard InChI is InChI=1S/C16H23Br2NO/c1-5-7-19-12(4)11(3)8-13-9-14(17)16(20-6-2)15(18)10-13/h8-10,12,19H,5-7H2,1-4H3/b11-8+. The molecule has 112 valence electrons. The van der Waals surface area contributed by atoms with Crippen molar-refractivity contribution in [1.82, 2.24) is 5.32 Å². The molecule has 0 aliphatic heterocycles. The van der Waals surface area contributed by atoms with Crippen LogP contribution in [0.25, 0.3) is 6.08 Å². The number of hydrogen-bond donors (Lipinski definition) is 1. The lowest BCUT2D eigenvalue weighted by molar-refractivity contribution is 0.336. The Morgan fingerprint density at radius 1 is 1.30 bits per heavy atom. The SMILES string of the molecule is CCCNC(C)/C(C)=C/c1cc(Br)c(OCC)c(Br)c1. The minimum atomic E-state index is 0.388. The van der Waals surface area contributed by atoms with Crippen LogP contribution >= 0.6 is 31.9 Å². The summed E-state index contributed by atoms with van der Waals surface area (Å²) in [5, 5.41) is 3.50. The second-order valence-electron chi connectivity index (χ2n) is 4.81. The molecule has 0 aromatic heterocycles. The van der Waals surface area contributed by atoms with Crippen LogP contribution in [-0.4, -0.2) is 19.2 Å². The Morgan fingerprint density at radius 3 is 2.40 bits per heavy atom. The van der Waals surface area contributed by atoms with Gasteiger partial charge in [-0.15, -0.1) is 0 Å². The Bertz CT molecular complexity index is 449. The molecule has 20 heavy (non-hydrogen) atoms. The summed E-state index contributed by atoms with van der Waals surface area (Å²) in [5.74, 6) is 0.861. The first-order valence-electron chi connectivity index (χ1n) is 7.03. The molecule has 0 amide bonds. The highest BCUT2D eigenvalue weighted by Crippen LogP contribution is 2.35. The van der Waals surface area contributed by atoms with Crippen LogP contribution in [0.5, 0.6) is 5.75 Å².